The lowest BCUT2D eigenvalue weighted by Crippen LogP contribution is -1.87. The maximum atomic E-state index is 5.41. The molecule has 1 nitrogen and oxygen atoms in total. The van der Waals surface area contributed by atoms with Crippen LogP contribution in [0.1, 0.15) is 20.8 Å². The van der Waals surface area contributed by atoms with E-state index in [1.807, 2.05) is 32.1 Å². The Labute approximate surface area is 62.9 Å². The molecule has 2 N–H and O–H groups in total. The van der Waals surface area contributed by atoms with Crippen molar-refractivity contribution in [3.05, 3.63) is 35.6 Å². The largest absolute Gasteiger partial charge is 0.402 e. The Morgan fingerprint density at radius 1 is 1.30 bits per heavy atom. The first-order valence-electron chi connectivity index (χ1n) is 3.40. The molecule has 0 fully saturated rings. The minimum absolute atomic E-state index is 0.833. The second-order valence-electron chi connectivity index (χ2n) is 2.30. The van der Waals surface area contributed by atoms with Gasteiger partial charge in [-0.25, -0.2) is 0 Å². The van der Waals surface area contributed by atoms with Gasteiger partial charge in [0.05, 0.1) is 0 Å². The van der Waals surface area contributed by atoms with Crippen molar-refractivity contribution < 1.29 is 0 Å². The molecule has 10 heavy (non-hydrogen) atoms. The SMILES string of the molecule is CC=C(C)/C=C\C=C(/C)N. The molecule has 0 heterocycles. The molecule has 0 amide bonds. The zero-order valence-electron chi connectivity index (χ0n) is 6.89. The number of rotatable bonds is 2. The van der Waals surface area contributed by atoms with Gasteiger partial charge >= 0.3 is 0 Å². The van der Waals surface area contributed by atoms with Crippen LogP contribution in [0.3, 0.4) is 0 Å². The van der Waals surface area contributed by atoms with E-state index in [0.29, 0.717) is 0 Å². The predicted molar refractivity (Wildman–Crippen MR) is 46.5 cm³/mol. The average molecular weight is 137 g/mol. The van der Waals surface area contributed by atoms with Gasteiger partial charge in [0.1, 0.15) is 0 Å². The van der Waals surface area contributed by atoms with Crippen molar-refractivity contribution in [2.24, 2.45) is 5.73 Å². The Hall–Kier alpha value is -0.980. The van der Waals surface area contributed by atoms with E-state index in [1.165, 1.54) is 5.57 Å². The van der Waals surface area contributed by atoms with E-state index < -0.39 is 0 Å². The van der Waals surface area contributed by atoms with E-state index in [1.54, 1.807) is 0 Å². The minimum atomic E-state index is 0.833. The first-order chi connectivity index (χ1) is 4.66. The van der Waals surface area contributed by atoms with Crippen LogP contribution in [-0.4, -0.2) is 0 Å². The van der Waals surface area contributed by atoms with Crippen LogP contribution in [0, 0.1) is 0 Å². The topological polar surface area (TPSA) is 26.0 Å². The van der Waals surface area contributed by atoms with Crippen LogP contribution in [0.2, 0.25) is 0 Å². The highest BCUT2D eigenvalue weighted by molar-refractivity contribution is 5.20. The van der Waals surface area contributed by atoms with Crippen LogP contribution >= 0.6 is 0 Å². The normalized spacial score (nSPS) is 14.7. The van der Waals surface area contributed by atoms with Crippen molar-refractivity contribution in [2.75, 3.05) is 0 Å². The molecule has 0 spiro atoms. The van der Waals surface area contributed by atoms with Crippen molar-refractivity contribution in [3.8, 4) is 0 Å². The summed E-state index contributed by atoms with van der Waals surface area (Å²) >= 11 is 0. The highest BCUT2D eigenvalue weighted by atomic mass is 14.5. The molecule has 0 rings (SSSR count). The minimum Gasteiger partial charge on any atom is -0.402 e. The smallest absolute Gasteiger partial charge is 0.00488 e. The van der Waals surface area contributed by atoms with Gasteiger partial charge in [-0.1, -0.05) is 23.8 Å². The lowest BCUT2D eigenvalue weighted by Gasteiger charge is -1.86. The van der Waals surface area contributed by atoms with Crippen LogP contribution in [0.15, 0.2) is 35.6 Å². The van der Waals surface area contributed by atoms with Crippen LogP contribution < -0.4 is 5.73 Å². The Kier molecular flexibility index (Phi) is 4.38. The first kappa shape index (κ1) is 9.02. The first-order valence-corrected chi connectivity index (χ1v) is 3.40. The van der Waals surface area contributed by atoms with Crippen molar-refractivity contribution in [2.45, 2.75) is 20.8 Å². The zero-order chi connectivity index (χ0) is 7.98. The molecule has 0 saturated heterocycles. The molecule has 56 valence electrons. The van der Waals surface area contributed by atoms with Gasteiger partial charge in [-0.2, -0.15) is 0 Å². The number of nitrogens with two attached hydrogens (primary N) is 1. The fraction of sp³-hybridized carbons (Fsp3) is 0.333. The van der Waals surface area contributed by atoms with E-state index in [0.717, 1.165) is 5.70 Å². The maximum absolute atomic E-state index is 5.41. The summed E-state index contributed by atoms with van der Waals surface area (Å²) in [5.74, 6) is 0. The molecule has 0 aromatic carbocycles. The summed E-state index contributed by atoms with van der Waals surface area (Å²) in [4.78, 5) is 0. The van der Waals surface area contributed by atoms with Gasteiger partial charge in [-0.15, -0.1) is 0 Å². The lowest BCUT2D eigenvalue weighted by molar-refractivity contribution is 1.31. The van der Waals surface area contributed by atoms with Crippen molar-refractivity contribution in [1.29, 1.82) is 0 Å². The van der Waals surface area contributed by atoms with Crippen LogP contribution in [0.25, 0.3) is 0 Å². The fourth-order valence-corrected chi connectivity index (χ4v) is 0.448. The summed E-state index contributed by atoms with van der Waals surface area (Å²) in [5, 5.41) is 0. The standard InChI is InChI=1S/C9H15N/c1-4-8(2)6-5-7-9(3)10/h4-7H,10H2,1-3H3/b6-5-,8-4?,9-7+. The number of hydrogen-bond donors (Lipinski definition) is 1. The summed E-state index contributed by atoms with van der Waals surface area (Å²) in [6, 6.07) is 0. The van der Waals surface area contributed by atoms with E-state index in [9.17, 15) is 0 Å². The average Bonchev–Trinajstić information content (AvgIpc) is 1.87. The van der Waals surface area contributed by atoms with E-state index >= 15 is 0 Å². The molecule has 0 aromatic heterocycles. The van der Waals surface area contributed by atoms with Crippen LogP contribution in [-0.2, 0) is 0 Å². The van der Waals surface area contributed by atoms with E-state index in [4.69, 9.17) is 5.73 Å². The third-order valence-corrected chi connectivity index (χ3v) is 1.17. The van der Waals surface area contributed by atoms with Gasteiger partial charge < -0.3 is 5.73 Å². The summed E-state index contributed by atoms with van der Waals surface area (Å²) in [6.07, 6.45) is 7.91. The molecular formula is C9H15N. The van der Waals surface area contributed by atoms with Crippen molar-refractivity contribution >= 4 is 0 Å². The number of hydrogen-bond acceptors (Lipinski definition) is 1. The molecular weight excluding hydrogens is 122 g/mol. The zero-order valence-corrected chi connectivity index (χ0v) is 6.89. The molecule has 0 atom stereocenters. The highest BCUT2D eigenvalue weighted by Gasteiger charge is 1.74. The Bertz CT molecular complexity index is 169. The molecule has 0 aliphatic heterocycles. The molecule has 0 radical (unpaired) electrons. The second kappa shape index (κ2) is 4.86. The molecule has 0 saturated carbocycles. The van der Waals surface area contributed by atoms with Gasteiger partial charge in [0.25, 0.3) is 0 Å². The van der Waals surface area contributed by atoms with Crippen molar-refractivity contribution in [3.63, 3.8) is 0 Å². The molecule has 0 aromatic rings. The van der Waals surface area contributed by atoms with Gasteiger partial charge in [-0.3, -0.25) is 0 Å². The second-order valence-corrected chi connectivity index (χ2v) is 2.30. The van der Waals surface area contributed by atoms with Crippen LogP contribution in [0.4, 0.5) is 0 Å². The summed E-state index contributed by atoms with van der Waals surface area (Å²) < 4.78 is 0. The molecule has 0 unspecified atom stereocenters. The summed E-state index contributed by atoms with van der Waals surface area (Å²) in [7, 11) is 0. The molecule has 0 aliphatic rings. The lowest BCUT2D eigenvalue weighted by atomic mass is 10.2. The molecule has 0 aliphatic carbocycles. The van der Waals surface area contributed by atoms with Gasteiger partial charge in [0.2, 0.25) is 0 Å². The number of allylic oxidation sites excluding steroid dienone is 6. The molecule has 0 bridgehead atoms. The Morgan fingerprint density at radius 2 is 1.90 bits per heavy atom. The van der Waals surface area contributed by atoms with Gasteiger partial charge in [0, 0.05) is 5.70 Å². The highest BCUT2D eigenvalue weighted by Crippen LogP contribution is 1.93. The fourth-order valence-electron chi connectivity index (χ4n) is 0.448. The monoisotopic (exact) mass is 137 g/mol. The van der Waals surface area contributed by atoms with E-state index in [-0.39, 0.29) is 0 Å². The van der Waals surface area contributed by atoms with Crippen molar-refractivity contribution in [1.82, 2.24) is 0 Å². The Balaban J connectivity index is 3.90. The molecule has 1 heteroatoms. The maximum Gasteiger partial charge on any atom is 0.00488 e. The predicted octanol–water partition coefficient (Wildman–Crippen LogP) is 2.37. The van der Waals surface area contributed by atoms with Gasteiger partial charge in [-0.05, 0) is 26.8 Å². The Morgan fingerprint density at radius 3 is 2.30 bits per heavy atom. The third kappa shape index (κ3) is 5.16. The quantitative estimate of drug-likeness (QED) is 0.581. The third-order valence-electron chi connectivity index (χ3n) is 1.17. The van der Waals surface area contributed by atoms with E-state index in [2.05, 4.69) is 13.0 Å². The van der Waals surface area contributed by atoms with Crippen LogP contribution in [0.5, 0.6) is 0 Å². The van der Waals surface area contributed by atoms with Gasteiger partial charge in [0.15, 0.2) is 0 Å². The summed E-state index contributed by atoms with van der Waals surface area (Å²) in [5.41, 5.74) is 7.49. The summed E-state index contributed by atoms with van der Waals surface area (Å²) in [6.45, 7) is 5.93.